The van der Waals surface area contributed by atoms with Crippen LogP contribution in [0.5, 0.6) is 0 Å². The molecule has 2 aliphatic heterocycles. The Morgan fingerprint density at radius 1 is 1.20 bits per heavy atom. The lowest BCUT2D eigenvalue weighted by Crippen LogP contribution is -2.51. The number of piperazine rings is 1. The van der Waals surface area contributed by atoms with Crippen molar-refractivity contribution in [3.63, 3.8) is 0 Å². The van der Waals surface area contributed by atoms with Gasteiger partial charge in [-0.2, -0.15) is 0 Å². The third kappa shape index (κ3) is 4.30. The van der Waals surface area contributed by atoms with Crippen LogP contribution in [0.25, 0.3) is 0 Å². The number of para-hydroxylation sites is 1. The van der Waals surface area contributed by atoms with E-state index in [0.717, 1.165) is 41.8 Å². The smallest absolute Gasteiger partial charge is 0.338 e. The summed E-state index contributed by atoms with van der Waals surface area (Å²) in [7, 11) is 1.36. The van der Waals surface area contributed by atoms with Gasteiger partial charge < -0.3 is 20.3 Å². The highest BCUT2D eigenvalue weighted by atomic mass is 35.5. The standard InChI is InChI=1S/C21H23ClN4O3S/c1-29-20(27)18-15(23-21(28)24-19(18)17-7-4-12-30-17)13-25-8-10-26(11-9-25)16-6-3-2-5-14(16)22/h2-7,12,19H,8-11,13H2,1H3,(H2,23,24,28)/t19-/m0/s1. The summed E-state index contributed by atoms with van der Waals surface area (Å²) in [5, 5.41) is 8.34. The van der Waals surface area contributed by atoms with Crippen LogP contribution in [-0.2, 0) is 9.53 Å². The number of carbonyl (C=O) groups is 2. The number of urea groups is 1. The van der Waals surface area contributed by atoms with E-state index in [-0.39, 0.29) is 6.03 Å². The van der Waals surface area contributed by atoms with Gasteiger partial charge in [0.2, 0.25) is 0 Å². The van der Waals surface area contributed by atoms with Crippen molar-refractivity contribution in [2.75, 3.05) is 44.7 Å². The van der Waals surface area contributed by atoms with Crippen molar-refractivity contribution in [2.24, 2.45) is 0 Å². The SMILES string of the molecule is COC(=O)C1=C(CN2CCN(c3ccccc3Cl)CC2)NC(=O)N[C@H]1c1cccs1. The first-order valence-corrected chi connectivity index (χ1v) is 11.0. The lowest BCUT2D eigenvalue weighted by atomic mass is 10.0. The first-order valence-electron chi connectivity index (χ1n) is 9.71. The molecule has 158 valence electrons. The van der Waals surface area contributed by atoms with Crippen molar-refractivity contribution in [1.82, 2.24) is 15.5 Å². The van der Waals surface area contributed by atoms with E-state index in [9.17, 15) is 9.59 Å². The van der Waals surface area contributed by atoms with Gasteiger partial charge in [-0.25, -0.2) is 9.59 Å². The highest BCUT2D eigenvalue weighted by Crippen LogP contribution is 2.31. The molecular weight excluding hydrogens is 424 g/mol. The van der Waals surface area contributed by atoms with Crippen molar-refractivity contribution in [3.05, 3.63) is 62.9 Å². The van der Waals surface area contributed by atoms with Gasteiger partial charge in [-0.1, -0.05) is 29.8 Å². The largest absolute Gasteiger partial charge is 0.466 e. The fourth-order valence-electron chi connectivity index (χ4n) is 3.84. The molecule has 2 amide bonds. The average Bonchev–Trinajstić information content (AvgIpc) is 3.29. The maximum atomic E-state index is 12.6. The number of nitrogens with zero attached hydrogens (tertiary/aromatic N) is 2. The maximum Gasteiger partial charge on any atom is 0.338 e. The number of carbonyl (C=O) groups excluding carboxylic acids is 2. The Bertz CT molecular complexity index is 955. The molecule has 3 heterocycles. The van der Waals surface area contributed by atoms with Crippen LogP contribution in [0.1, 0.15) is 10.9 Å². The molecule has 1 aromatic carbocycles. The molecule has 1 fully saturated rings. The van der Waals surface area contributed by atoms with Crippen molar-refractivity contribution in [1.29, 1.82) is 0 Å². The van der Waals surface area contributed by atoms with Crippen LogP contribution >= 0.6 is 22.9 Å². The molecule has 30 heavy (non-hydrogen) atoms. The van der Waals surface area contributed by atoms with E-state index in [0.29, 0.717) is 17.8 Å². The van der Waals surface area contributed by atoms with Gasteiger partial charge in [0.25, 0.3) is 0 Å². The molecule has 1 saturated heterocycles. The number of thiophene rings is 1. The van der Waals surface area contributed by atoms with Gasteiger partial charge in [-0.15, -0.1) is 11.3 Å². The molecule has 7 nitrogen and oxygen atoms in total. The number of halogens is 1. The van der Waals surface area contributed by atoms with Crippen LogP contribution in [0, 0.1) is 0 Å². The molecule has 9 heteroatoms. The molecule has 0 unspecified atom stereocenters. The highest BCUT2D eigenvalue weighted by molar-refractivity contribution is 7.10. The molecule has 2 aliphatic rings. The zero-order valence-electron chi connectivity index (χ0n) is 16.6. The van der Waals surface area contributed by atoms with E-state index in [1.165, 1.54) is 18.4 Å². The number of methoxy groups -OCH3 is 1. The van der Waals surface area contributed by atoms with Crippen LogP contribution in [-0.4, -0.2) is 56.7 Å². The molecule has 0 spiro atoms. The number of nitrogens with one attached hydrogen (secondary N) is 2. The number of ether oxygens (including phenoxy) is 1. The van der Waals surface area contributed by atoms with Crippen molar-refractivity contribution in [2.45, 2.75) is 6.04 Å². The van der Waals surface area contributed by atoms with Crippen molar-refractivity contribution >= 4 is 40.6 Å². The second-order valence-corrected chi connectivity index (χ2v) is 8.53. The van der Waals surface area contributed by atoms with Crippen LogP contribution < -0.4 is 15.5 Å². The van der Waals surface area contributed by atoms with E-state index in [1.54, 1.807) is 0 Å². The summed E-state index contributed by atoms with van der Waals surface area (Å²) < 4.78 is 5.04. The fraction of sp³-hybridized carbons (Fsp3) is 0.333. The van der Waals surface area contributed by atoms with Crippen LogP contribution in [0.3, 0.4) is 0 Å². The highest BCUT2D eigenvalue weighted by Gasteiger charge is 2.35. The minimum Gasteiger partial charge on any atom is -0.466 e. The molecular formula is C21H23ClN4O3S. The van der Waals surface area contributed by atoms with Crippen LogP contribution in [0.2, 0.25) is 5.02 Å². The van der Waals surface area contributed by atoms with E-state index in [2.05, 4.69) is 20.4 Å². The minimum atomic E-state index is -0.509. The second kappa shape index (κ2) is 9.07. The number of esters is 1. The molecule has 1 aromatic heterocycles. The molecule has 4 rings (SSSR count). The summed E-state index contributed by atoms with van der Waals surface area (Å²) in [5.41, 5.74) is 2.07. The molecule has 1 atom stereocenters. The zero-order chi connectivity index (χ0) is 21.1. The summed E-state index contributed by atoms with van der Waals surface area (Å²) in [6, 6.07) is 10.8. The first kappa shape index (κ1) is 20.7. The van der Waals surface area contributed by atoms with Gasteiger partial charge in [-0.3, -0.25) is 4.90 Å². The second-order valence-electron chi connectivity index (χ2n) is 7.15. The lowest BCUT2D eigenvalue weighted by molar-refractivity contribution is -0.136. The summed E-state index contributed by atoms with van der Waals surface area (Å²) in [6.45, 7) is 3.67. The van der Waals surface area contributed by atoms with Gasteiger partial charge in [0.1, 0.15) is 0 Å². The number of anilines is 1. The Morgan fingerprint density at radius 2 is 1.97 bits per heavy atom. The third-order valence-electron chi connectivity index (χ3n) is 5.33. The molecule has 0 saturated carbocycles. The Kier molecular flexibility index (Phi) is 6.26. The van der Waals surface area contributed by atoms with Crippen molar-refractivity contribution < 1.29 is 14.3 Å². The Balaban J connectivity index is 1.52. The fourth-order valence-corrected chi connectivity index (χ4v) is 4.88. The predicted molar refractivity (Wildman–Crippen MR) is 118 cm³/mol. The van der Waals surface area contributed by atoms with E-state index in [4.69, 9.17) is 16.3 Å². The molecule has 2 N–H and O–H groups in total. The molecule has 0 radical (unpaired) electrons. The number of rotatable bonds is 5. The molecule has 0 aliphatic carbocycles. The Labute approximate surface area is 184 Å². The first-order chi connectivity index (χ1) is 14.6. The normalized spacial score (nSPS) is 20.0. The summed E-state index contributed by atoms with van der Waals surface area (Å²) in [4.78, 5) is 30.3. The van der Waals surface area contributed by atoms with Gasteiger partial charge in [-0.05, 0) is 23.6 Å². The van der Waals surface area contributed by atoms with Crippen molar-refractivity contribution in [3.8, 4) is 0 Å². The van der Waals surface area contributed by atoms with E-state index < -0.39 is 12.0 Å². The summed E-state index contributed by atoms with van der Waals surface area (Å²) in [5.74, 6) is -0.439. The topological polar surface area (TPSA) is 73.9 Å². The van der Waals surface area contributed by atoms with Gasteiger partial charge in [0.15, 0.2) is 0 Å². The quantitative estimate of drug-likeness (QED) is 0.691. The summed E-state index contributed by atoms with van der Waals surface area (Å²) >= 11 is 7.83. The average molecular weight is 447 g/mol. The third-order valence-corrected chi connectivity index (χ3v) is 6.59. The monoisotopic (exact) mass is 446 g/mol. The minimum absolute atomic E-state index is 0.314. The number of hydrogen-bond acceptors (Lipinski definition) is 6. The Morgan fingerprint density at radius 3 is 2.63 bits per heavy atom. The number of hydrogen-bond donors (Lipinski definition) is 2. The van der Waals surface area contributed by atoms with Gasteiger partial charge >= 0.3 is 12.0 Å². The number of benzene rings is 1. The van der Waals surface area contributed by atoms with Crippen LogP contribution in [0.15, 0.2) is 53.0 Å². The van der Waals surface area contributed by atoms with Gasteiger partial charge in [0.05, 0.1) is 29.4 Å². The summed E-state index contributed by atoms with van der Waals surface area (Å²) in [6.07, 6.45) is 0. The maximum absolute atomic E-state index is 12.6. The molecule has 2 aromatic rings. The lowest BCUT2D eigenvalue weighted by Gasteiger charge is -2.38. The van der Waals surface area contributed by atoms with E-state index >= 15 is 0 Å². The Hall–Kier alpha value is -2.55. The van der Waals surface area contributed by atoms with Crippen LogP contribution in [0.4, 0.5) is 10.5 Å². The zero-order valence-corrected chi connectivity index (χ0v) is 18.1. The molecule has 0 bridgehead atoms. The van der Waals surface area contributed by atoms with Gasteiger partial charge in [0, 0.05) is 43.3 Å². The number of amides is 2. The predicted octanol–water partition coefficient (Wildman–Crippen LogP) is 3.00. The van der Waals surface area contributed by atoms with E-state index in [1.807, 2.05) is 41.8 Å².